The number of hydrogen-bond donors (Lipinski definition) is 2. The van der Waals surface area contributed by atoms with E-state index in [1.807, 2.05) is 13.8 Å². The molecule has 1 aromatic carbocycles. The fourth-order valence-corrected chi connectivity index (χ4v) is 1.77. The molecule has 0 aromatic heterocycles. The molecule has 0 saturated heterocycles. The molecule has 3 N–H and O–H groups in total. The topological polar surface area (TPSA) is 98.3 Å². The average Bonchev–Trinajstić information content (AvgIpc) is 2.35. The first-order chi connectivity index (χ1) is 8.91. The highest BCUT2D eigenvalue weighted by atomic mass is 16.6. The number of rotatable bonds is 6. The van der Waals surface area contributed by atoms with E-state index in [0.29, 0.717) is 17.9 Å². The maximum Gasteiger partial charge on any atom is 0.274 e. The van der Waals surface area contributed by atoms with Crippen molar-refractivity contribution in [3.8, 4) is 0 Å². The SMILES string of the molecule is CC(C)C[C@@H](N)C(=O)NCc1ccccc1[N+](=O)[O-]. The molecule has 1 atom stereocenters. The Balaban J connectivity index is 2.62. The molecule has 0 saturated carbocycles. The molecule has 1 amide bonds. The van der Waals surface area contributed by atoms with Gasteiger partial charge in [-0.15, -0.1) is 0 Å². The highest BCUT2D eigenvalue weighted by molar-refractivity contribution is 5.81. The van der Waals surface area contributed by atoms with Gasteiger partial charge in [0, 0.05) is 18.2 Å². The van der Waals surface area contributed by atoms with Gasteiger partial charge in [-0.3, -0.25) is 14.9 Å². The van der Waals surface area contributed by atoms with Crippen LogP contribution in [0, 0.1) is 16.0 Å². The van der Waals surface area contributed by atoms with Crippen LogP contribution in [0.25, 0.3) is 0 Å². The minimum atomic E-state index is -0.581. The molecule has 0 unspecified atom stereocenters. The molecule has 0 aliphatic heterocycles. The molecular formula is C13H19N3O3. The molecule has 19 heavy (non-hydrogen) atoms. The molecule has 0 aliphatic rings. The van der Waals surface area contributed by atoms with Crippen LogP contribution in [0.5, 0.6) is 0 Å². The van der Waals surface area contributed by atoms with E-state index >= 15 is 0 Å². The molecule has 1 rings (SSSR count). The molecule has 0 radical (unpaired) electrons. The number of nitro benzene ring substituents is 1. The van der Waals surface area contributed by atoms with Gasteiger partial charge in [-0.25, -0.2) is 0 Å². The predicted octanol–water partition coefficient (Wildman–Crippen LogP) is 1.58. The molecule has 0 fully saturated rings. The number of nitrogens with two attached hydrogens (primary N) is 1. The van der Waals surface area contributed by atoms with Gasteiger partial charge in [0.1, 0.15) is 0 Å². The van der Waals surface area contributed by atoms with Crippen molar-refractivity contribution in [1.82, 2.24) is 5.32 Å². The Morgan fingerprint density at radius 1 is 1.42 bits per heavy atom. The summed E-state index contributed by atoms with van der Waals surface area (Å²) in [5.41, 5.74) is 6.20. The van der Waals surface area contributed by atoms with E-state index in [1.165, 1.54) is 6.07 Å². The lowest BCUT2D eigenvalue weighted by Gasteiger charge is -2.14. The van der Waals surface area contributed by atoms with Gasteiger partial charge >= 0.3 is 0 Å². The van der Waals surface area contributed by atoms with Crippen LogP contribution >= 0.6 is 0 Å². The van der Waals surface area contributed by atoms with Crippen molar-refractivity contribution >= 4 is 11.6 Å². The zero-order valence-corrected chi connectivity index (χ0v) is 11.1. The molecule has 0 heterocycles. The van der Waals surface area contributed by atoms with Crippen LogP contribution < -0.4 is 11.1 Å². The molecule has 6 heteroatoms. The summed E-state index contributed by atoms with van der Waals surface area (Å²) in [4.78, 5) is 22.1. The van der Waals surface area contributed by atoms with Crippen LogP contribution in [0.3, 0.4) is 0 Å². The summed E-state index contributed by atoms with van der Waals surface area (Å²) in [6.45, 7) is 4.08. The van der Waals surface area contributed by atoms with Crippen molar-refractivity contribution in [3.05, 3.63) is 39.9 Å². The zero-order chi connectivity index (χ0) is 14.4. The monoisotopic (exact) mass is 265 g/mol. The van der Waals surface area contributed by atoms with E-state index in [4.69, 9.17) is 5.73 Å². The number of carbonyl (C=O) groups excluding carboxylic acids is 1. The van der Waals surface area contributed by atoms with Crippen LogP contribution in [0.1, 0.15) is 25.8 Å². The van der Waals surface area contributed by atoms with Crippen molar-refractivity contribution in [2.45, 2.75) is 32.9 Å². The van der Waals surface area contributed by atoms with Crippen LogP contribution in [0.15, 0.2) is 24.3 Å². The molecule has 104 valence electrons. The van der Waals surface area contributed by atoms with Gasteiger partial charge in [-0.1, -0.05) is 32.0 Å². The number of para-hydroxylation sites is 1. The fraction of sp³-hybridized carbons (Fsp3) is 0.462. The third-order valence-electron chi connectivity index (χ3n) is 2.70. The summed E-state index contributed by atoms with van der Waals surface area (Å²) < 4.78 is 0. The van der Waals surface area contributed by atoms with Gasteiger partial charge in [0.25, 0.3) is 5.69 Å². The maximum atomic E-state index is 11.7. The van der Waals surface area contributed by atoms with E-state index in [1.54, 1.807) is 18.2 Å². The average molecular weight is 265 g/mol. The highest BCUT2D eigenvalue weighted by Crippen LogP contribution is 2.17. The largest absolute Gasteiger partial charge is 0.350 e. The summed E-state index contributed by atoms with van der Waals surface area (Å²) >= 11 is 0. The van der Waals surface area contributed by atoms with Crippen molar-refractivity contribution in [2.24, 2.45) is 11.7 Å². The fourth-order valence-electron chi connectivity index (χ4n) is 1.77. The number of benzene rings is 1. The number of nitrogens with zero attached hydrogens (tertiary/aromatic N) is 1. The second kappa shape index (κ2) is 6.84. The Morgan fingerprint density at radius 3 is 2.63 bits per heavy atom. The first-order valence-electron chi connectivity index (χ1n) is 6.17. The van der Waals surface area contributed by atoms with Gasteiger partial charge in [0.15, 0.2) is 0 Å². The van der Waals surface area contributed by atoms with Gasteiger partial charge < -0.3 is 11.1 Å². The number of amides is 1. The van der Waals surface area contributed by atoms with Crippen molar-refractivity contribution in [3.63, 3.8) is 0 Å². The number of nitro groups is 1. The number of carbonyl (C=O) groups is 1. The summed E-state index contributed by atoms with van der Waals surface area (Å²) in [5, 5.41) is 13.4. The van der Waals surface area contributed by atoms with E-state index in [0.717, 1.165) is 0 Å². The smallest absolute Gasteiger partial charge is 0.274 e. The van der Waals surface area contributed by atoms with E-state index in [-0.39, 0.29) is 18.1 Å². The lowest BCUT2D eigenvalue weighted by molar-refractivity contribution is -0.385. The molecule has 1 aromatic rings. The lowest BCUT2D eigenvalue weighted by atomic mass is 10.0. The van der Waals surface area contributed by atoms with Gasteiger partial charge in [0.2, 0.25) is 5.91 Å². The molecule has 0 bridgehead atoms. The van der Waals surface area contributed by atoms with E-state index in [2.05, 4.69) is 5.32 Å². The standard InChI is InChI=1S/C13H19N3O3/c1-9(2)7-11(14)13(17)15-8-10-5-3-4-6-12(10)16(18)19/h3-6,9,11H,7-8,14H2,1-2H3,(H,15,17)/t11-/m1/s1. The zero-order valence-electron chi connectivity index (χ0n) is 11.1. The first-order valence-corrected chi connectivity index (χ1v) is 6.17. The molecule has 6 nitrogen and oxygen atoms in total. The number of nitrogens with one attached hydrogen (secondary N) is 1. The Hall–Kier alpha value is -1.95. The van der Waals surface area contributed by atoms with E-state index < -0.39 is 11.0 Å². The Kier molecular flexibility index (Phi) is 5.44. The molecular weight excluding hydrogens is 246 g/mol. The van der Waals surface area contributed by atoms with Gasteiger partial charge in [-0.05, 0) is 12.3 Å². The summed E-state index contributed by atoms with van der Waals surface area (Å²) in [6.07, 6.45) is 0.586. The third kappa shape index (κ3) is 4.67. The second-order valence-electron chi connectivity index (χ2n) is 4.84. The first kappa shape index (κ1) is 15.1. The van der Waals surface area contributed by atoms with Gasteiger partial charge in [0.05, 0.1) is 11.0 Å². The predicted molar refractivity (Wildman–Crippen MR) is 72.4 cm³/mol. The van der Waals surface area contributed by atoms with Crippen LogP contribution in [0.4, 0.5) is 5.69 Å². The quantitative estimate of drug-likeness (QED) is 0.602. The Morgan fingerprint density at radius 2 is 2.05 bits per heavy atom. The minimum Gasteiger partial charge on any atom is -0.350 e. The Labute approximate surface area is 112 Å². The highest BCUT2D eigenvalue weighted by Gasteiger charge is 2.17. The summed E-state index contributed by atoms with van der Waals surface area (Å²) in [6, 6.07) is 5.74. The maximum absolute atomic E-state index is 11.7. The Bertz CT molecular complexity index is 460. The van der Waals surface area contributed by atoms with Crippen molar-refractivity contribution in [1.29, 1.82) is 0 Å². The van der Waals surface area contributed by atoms with E-state index in [9.17, 15) is 14.9 Å². The number of hydrogen-bond acceptors (Lipinski definition) is 4. The summed E-state index contributed by atoms with van der Waals surface area (Å²) in [7, 11) is 0. The van der Waals surface area contributed by atoms with Gasteiger partial charge in [-0.2, -0.15) is 0 Å². The lowest BCUT2D eigenvalue weighted by Crippen LogP contribution is -2.41. The van der Waals surface area contributed by atoms with Crippen molar-refractivity contribution < 1.29 is 9.72 Å². The minimum absolute atomic E-state index is 0.000214. The van der Waals surface area contributed by atoms with Crippen LogP contribution in [0.2, 0.25) is 0 Å². The summed E-state index contributed by atoms with van der Waals surface area (Å²) in [5.74, 6) is 0.0404. The molecule has 0 aliphatic carbocycles. The van der Waals surface area contributed by atoms with Crippen LogP contribution in [-0.4, -0.2) is 16.9 Å². The molecule has 0 spiro atoms. The van der Waals surface area contributed by atoms with Crippen molar-refractivity contribution in [2.75, 3.05) is 0 Å². The van der Waals surface area contributed by atoms with Crippen LogP contribution in [-0.2, 0) is 11.3 Å². The second-order valence-corrected chi connectivity index (χ2v) is 4.84. The normalized spacial score (nSPS) is 12.2. The third-order valence-corrected chi connectivity index (χ3v) is 2.70.